The van der Waals surface area contributed by atoms with Gasteiger partial charge in [-0.05, 0) is 50.1 Å². The number of carbonyl (C=O) groups is 2. The molecule has 0 saturated carbocycles. The highest BCUT2D eigenvalue weighted by molar-refractivity contribution is 5.95. The molecule has 1 atom stereocenters. The van der Waals surface area contributed by atoms with Crippen LogP contribution >= 0.6 is 24.8 Å². The normalized spacial score (nSPS) is 11.1. The predicted molar refractivity (Wildman–Crippen MR) is 133 cm³/mol. The fourth-order valence-corrected chi connectivity index (χ4v) is 3.21. The van der Waals surface area contributed by atoms with Crippen molar-refractivity contribution < 1.29 is 23.1 Å². The molecule has 2 aromatic heterocycles. The summed E-state index contributed by atoms with van der Waals surface area (Å²) >= 11 is 0. The molecule has 0 aliphatic carbocycles. The quantitative estimate of drug-likeness (QED) is 0.387. The summed E-state index contributed by atoms with van der Waals surface area (Å²) in [4.78, 5) is 28.9. The van der Waals surface area contributed by atoms with E-state index in [1.807, 2.05) is 6.92 Å². The Labute approximate surface area is 214 Å². The molecule has 0 unspecified atom stereocenters. The zero-order valence-corrected chi connectivity index (χ0v) is 20.8. The lowest BCUT2D eigenvalue weighted by Crippen LogP contribution is -2.45. The number of hydrogen-bond acceptors (Lipinski definition) is 6. The Kier molecular flexibility index (Phi) is 12.3. The van der Waals surface area contributed by atoms with Gasteiger partial charge in [0.2, 0.25) is 5.91 Å². The molecule has 0 aliphatic rings. The second kappa shape index (κ2) is 14.3. The Morgan fingerprint density at radius 3 is 2.40 bits per heavy atom. The third-order valence-electron chi connectivity index (χ3n) is 4.85. The number of nitrogens with one attached hydrogen (secondary N) is 2. The fraction of sp³-hybridized carbons (Fsp3) is 0.304. The van der Waals surface area contributed by atoms with Gasteiger partial charge in [0.05, 0.1) is 24.9 Å². The van der Waals surface area contributed by atoms with Gasteiger partial charge in [0.1, 0.15) is 5.82 Å². The standard InChI is InChI=1S/C23H25F2N5O3.2ClH/c1-3-30-21(13-19(29-30)16-7-9-26-10-8-16)28-23(32)20(27-14-22(31)33-4-2)12-15-5-6-17(24)18(25)11-15;;/h5-11,13,20,27H,3-4,12,14H2,1-2H3,(H,28,32);2*1H/t20-;;/m0../s1. The lowest BCUT2D eigenvalue weighted by molar-refractivity contribution is -0.142. The molecule has 3 rings (SSSR count). The Balaban J connectivity index is 0.00000306. The van der Waals surface area contributed by atoms with Crippen LogP contribution in [-0.4, -0.2) is 45.8 Å². The molecule has 0 aliphatic heterocycles. The van der Waals surface area contributed by atoms with Crippen LogP contribution in [0, 0.1) is 11.6 Å². The topological polar surface area (TPSA) is 98.1 Å². The van der Waals surface area contributed by atoms with Crippen molar-refractivity contribution in [3.05, 3.63) is 66.0 Å². The molecule has 0 saturated heterocycles. The second-order valence-corrected chi connectivity index (χ2v) is 7.15. The summed E-state index contributed by atoms with van der Waals surface area (Å²) in [6.45, 7) is 4.05. The van der Waals surface area contributed by atoms with Gasteiger partial charge in [0.25, 0.3) is 0 Å². The summed E-state index contributed by atoms with van der Waals surface area (Å²) in [6.07, 6.45) is 3.32. The van der Waals surface area contributed by atoms with Gasteiger partial charge in [-0.1, -0.05) is 6.07 Å². The molecular weight excluding hydrogens is 503 g/mol. The number of halogens is 4. The van der Waals surface area contributed by atoms with Crippen molar-refractivity contribution in [2.45, 2.75) is 32.9 Å². The minimum atomic E-state index is -1.01. The number of anilines is 1. The molecular formula is C23H27Cl2F2N5O3. The molecule has 1 amide bonds. The summed E-state index contributed by atoms with van der Waals surface area (Å²) in [5.74, 6) is -2.51. The number of benzene rings is 1. The van der Waals surface area contributed by atoms with Gasteiger partial charge in [-0.25, -0.2) is 13.5 Å². The molecule has 0 radical (unpaired) electrons. The highest BCUT2D eigenvalue weighted by Crippen LogP contribution is 2.22. The van der Waals surface area contributed by atoms with Crippen LogP contribution in [0.4, 0.5) is 14.6 Å². The van der Waals surface area contributed by atoms with Gasteiger partial charge in [-0.3, -0.25) is 19.9 Å². The average molecular weight is 530 g/mol. The SMILES string of the molecule is CCOC(=O)CN[C@@H](Cc1ccc(F)c(F)c1)C(=O)Nc1cc(-c2ccncc2)nn1CC.Cl.Cl. The van der Waals surface area contributed by atoms with Crippen molar-refractivity contribution in [1.29, 1.82) is 0 Å². The van der Waals surface area contributed by atoms with Crippen molar-refractivity contribution in [2.24, 2.45) is 0 Å². The molecule has 12 heteroatoms. The van der Waals surface area contributed by atoms with E-state index in [1.165, 1.54) is 6.07 Å². The Morgan fingerprint density at radius 2 is 1.77 bits per heavy atom. The molecule has 3 aromatic rings. The number of pyridine rings is 1. The molecule has 35 heavy (non-hydrogen) atoms. The number of amides is 1. The largest absolute Gasteiger partial charge is 0.465 e. The molecule has 1 aromatic carbocycles. The number of carbonyl (C=O) groups excluding carboxylic acids is 2. The number of esters is 1. The van der Waals surface area contributed by atoms with E-state index in [0.29, 0.717) is 23.6 Å². The predicted octanol–water partition coefficient (Wildman–Crippen LogP) is 3.79. The van der Waals surface area contributed by atoms with E-state index in [4.69, 9.17) is 4.74 Å². The first-order valence-electron chi connectivity index (χ1n) is 10.5. The number of ether oxygens (including phenoxy) is 1. The summed E-state index contributed by atoms with van der Waals surface area (Å²) in [6, 6.07) is 7.85. The second-order valence-electron chi connectivity index (χ2n) is 7.15. The molecule has 190 valence electrons. The van der Waals surface area contributed by atoms with E-state index in [2.05, 4.69) is 20.7 Å². The molecule has 2 heterocycles. The fourth-order valence-electron chi connectivity index (χ4n) is 3.21. The smallest absolute Gasteiger partial charge is 0.319 e. The third kappa shape index (κ3) is 8.27. The highest BCUT2D eigenvalue weighted by Gasteiger charge is 2.22. The van der Waals surface area contributed by atoms with Gasteiger partial charge in [-0.2, -0.15) is 5.10 Å². The lowest BCUT2D eigenvalue weighted by Gasteiger charge is -2.18. The zero-order valence-electron chi connectivity index (χ0n) is 19.2. The molecule has 8 nitrogen and oxygen atoms in total. The maximum atomic E-state index is 13.7. The Bertz CT molecular complexity index is 1120. The summed E-state index contributed by atoms with van der Waals surface area (Å²) in [5.41, 5.74) is 1.89. The molecule has 0 bridgehead atoms. The summed E-state index contributed by atoms with van der Waals surface area (Å²) in [7, 11) is 0. The first-order valence-corrected chi connectivity index (χ1v) is 10.5. The Morgan fingerprint density at radius 1 is 1.06 bits per heavy atom. The minimum absolute atomic E-state index is 0. The number of aryl methyl sites for hydroxylation is 1. The van der Waals surface area contributed by atoms with Crippen LogP contribution in [0.15, 0.2) is 48.8 Å². The Hall–Kier alpha value is -3.08. The molecule has 0 fully saturated rings. The van der Waals surface area contributed by atoms with Crippen molar-refractivity contribution in [2.75, 3.05) is 18.5 Å². The van der Waals surface area contributed by atoms with Crippen LogP contribution in [0.3, 0.4) is 0 Å². The van der Waals surface area contributed by atoms with Crippen LogP contribution in [-0.2, 0) is 27.3 Å². The van der Waals surface area contributed by atoms with Crippen LogP contribution in [0.2, 0.25) is 0 Å². The average Bonchev–Trinajstić information content (AvgIpc) is 3.22. The summed E-state index contributed by atoms with van der Waals surface area (Å²) in [5, 5.41) is 10.2. The van der Waals surface area contributed by atoms with Crippen molar-refractivity contribution in [1.82, 2.24) is 20.1 Å². The third-order valence-corrected chi connectivity index (χ3v) is 4.85. The zero-order chi connectivity index (χ0) is 23.8. The molecule has 0 spiro atoms. The first kappa shape index (κ1) is 30.0. The highest BCUT2D eigenvalue weighted by atomic mass is 35.5. The van der Waals surface area contributed by atoms with E-state index in [0.717, 1.165) is 17.7 Å². The number of nitrogens with zero attached hydrogens (tertiary/aromatic N) is 3. The monoisotopic (exact) mass is 529 g/mol. The van der Waals surface area contributed by atoms with E-state index in [-0.39, 0.29) is 44.4 Å². The van der Waals surface area contributed by atoms with Crippen LogP contribution < -0.4 is 10.6 Å². The van der Waals surface area contributed by atoms with Crippen molar-refractivity contribution >= 4 is 42.5 Å². The van der Waals surface area contributed by atoms with Gasteiger partial charge in [0.15, 0.2) is 11.6 Å². The maximum absolute atomic E-state index is 13.7. The van der Waals surface area contributed by atoms with Crippen LogP contribution in [0.25, 0.3) is 11.3 Å². The van der Waals surface area contributed by atoms with Gasteiger partial charge in [0, 0.05) is 30.6 Å². The molecule has 2 N–H and O–H groups in total. The minimum Gasteiger partial charge on any atom is -0.465 e. The van der Waals surface area contributed by atoms with Crippen LogP contribution in [0.1, 0.15) is 19.4 Å². The van der Waals surface area contributed by atoms with E-state index in [1.54, 1.807) is 42.2 Å². The van der Waals surface area contributed by atoms with Gasteiger partial charge < -0.3 is 10.1 Å². The van der Waals surface area contributed by atoms with Crippen molar-refractivity contribution in [3.63, 3.8) is 0 Å². The van der Waals surface area contributed by atoms with Gasteiger partial charge in [-0.15, -0.1) is 24.8 Å². The first-order chi connectivity index (χ1) is 15.9. The van der Waals surface area contributed by atoms with Gasteiger partial charge >= 0.3 is 5.97 Å². The number of rotatable bonds is 10. The lowest BCUT2D eigenvalue weighted by atomic mass is 10.0. The van der Waals surface area contributed by atoms with E-state index >= 15 is 0 Å². The van der Waals surface area contributed by atoms with Crippen LogP contribution in [0.5, 0.6) is 0 Å². The van der Waals surface area contributed by atoms with E-state index in [9.17, 15) is 18.4 Å². The van der Waals surface area contributed by atoms with Crippen molar-refractivity contribution in [3.8, 4) is 11.3 Å². The van der Waals surface area contributed by atoms with E-state index < -0.39 is 29.6 Å². The summed E-state index contributed by atoms with van der Waals surface area (Å²) < 4.78 is 33.5. The number of hydrogen-bond donors (Lipinski definition) is 2. The maximum Gasteiger partial charge on any atom is 0.319 e. The number of aromatic nitrogens is 3.